The highest BCUT2D eigenvalue weighted by Crippen LogP contribution is 2.28. The second kappa shape index (κ2) is 8.84. The van der Waals surface area contributed by atoms with Gasteiger partial charge in [0.05, 0.1) is 21.2 Å². The molecule has 0 radical (unpaired) electrons. The molecule has 0 spiro atoms. The van der Waals surface area contributed by atoms with Crippen molar-refractivity contribution >= 4 is 27.6 Å². The second-order valence-electron chi connectivity index (χ2n) is 7.84. The molecule has 1 N–H and O–H groups in total. The van der Waals surface area contributed by atoms with Gasteiger partial charge < -0.3 is 10.2 Å². The zero-order valence-electron chi connectivity index (χ0n) is 18.0. The summed E-state index contributed by atoms with van der Waals surface area (Å²) in [6, 6.07) is 11.8. The van der Waals surface area contributed by atoms with Crippen molar-refractivity contribution in [2.45, 2.75) is 4.90 Å². The maximum atomic E-state index is 14.1. The Balaban J connectivity index is 1.57. The summed E-state index contributed by atoms with van der Waals surface area (Å²) in [5.74, 6) is -0.0373. The van der Waals surface area contributed by atoms with E-state index in [2.05, 4.69) is 15.3 Å². The molecular weight excluding hydrogens is 441 g/mol. The van der Waals surface area contributed by atoms with Crippen molar-refractivity contribution < 1.29 is 13.4 Å². The van der Waals surface area contributed by atoms with E-state index in [0.29, 0.717) is 46.1 Å². The van der Waals surface area contributed by atoms with Crippen molar-refractivity contribution in [3.63, 3.8) is 0 Å². The Kier molecular flexibility index (Phi) is 5.74. The van der Waals surface area contributed by atoms with E-state index in [0.717, 1.165) is 18.5 Å². The molecule has 0 bridgehead atoms. The summed E-state index contributed by atoms with van der Waals surface area (Å²) in [4.78, 5) is 24.4. The normalized spacial score (nSPS) is 15.0. The predicted molar refractivity (Wildman–Crippen MR) is 125 cm³/mol. The quantitative estimate of drug-likeness (QED) is 0.503. The van der Waals surface area contributed by atoms with Crippen molar-refractivity contribution in [2.24, 2.45) is 0 Å². The lowest BCUT2D eigenvalue weighted by molar-refractivity contribution is 0.0736. The van der Waals surface area contributed by atoms with E-state index in [1.165, 1.54) is 6.07 Å². The summed E-state index contributed by atoms with van der Waals surface area (Å²) in [6.45, 7) is 2.85. The molecule has 1 aliphatic heterocycles. The first kappa shape index (κ1) is 21.4. The summed E-state index contributed by atoms with van der Waals surface area (Å²) in [5.41, 5.74) is 2.22. The van der Waals surface area contributed by atoms with E-state index in [9.17, 15) is 13.4 Å². The van der Waals surface area contributed by atoms with Gasteiger partial charge in [-0.15, -0.1) is 0 Å². The molecule has 7 nitrogen and oxygen atoms in total. The average Bonchev–Trinajstić information content (AvgIpc) is 3.24. The zero-order valence-corrected chi connectivity index (χ0v) is 18.8. The van der Waals surface area contributed by atoms with Crippen molar-refractivity contribution in [3.8, 4) is 17.1 Å². The Morgan fingerprint density at radius 2 is 1.82 bits per heavy atom. The van der Waals surface area contributed by atoms with Gasteiger partial charge in [0.1, 0.15) is 5.82 Å². The van der Waals surface area contributed by atoms with E-state index in [1.807, 2.05) is 11.0 Å². The van der Waals surface area contributed by atoms with Crippen LogP contribution in [-0.4, -0.2) is 62.0 Å². The largest absolute Gasteiger partial charge is 0.336 e. The number of benzene rings is 2. The molecule has 1 saturated heterocycles. The second-order valence-corrected chi connectivity index (χ2v) is 9.19. The van der Waals surface area contributed by atoms with Gasteiger partial charge in [-0.25, -0.2) is 14.4 Å². The highest BCUT2D eigenvalue weighted by Gasteiger charge is 2.21. The molecule has 2 aromatic carbocycles. The maximum Gasteiger partial charge on any atom is 0.254 e. The molecule has 1 amide bonds. The third-order valence-corrected chi connectivity index (χ3v) is 6.71. The fraction of sp³-hybridized carbons (Fsp3) is 0.208. The minimum atomic E-state index is -1.24. The van der Waals surface area contributed by atoms with E-state index in [-0.39, 0.29) is 11.7 Å². The summed E-state index contributed by atoms with van der Waals surface area (Å²) >= 11 is 0. The molecule has 1 unspecified atom stereocenters. The van der Waals surface area contributed by atoms with Crippen LogP contribution in [0.3, 0.4) is 0 Å². The number of fused-ring (bicyclic) bond motifs is 1. The summed E-state index contributed by atoms with van der Waals surface area (Å²) in [7, 11) is -1.24. The molecular formula is C24H22FN5O2S. The molecule has 9 heteroatoms. The minimum absolute atomic E-state index is 0.0406. The summed E-state index contributed by atoms with van der Waals surface area (Å²) < 4.78 is 28.2. The van der Waals surface area contributed by atoms with Gasteiger partial charge in [0.15, 0.2) is 0 Å². The number of piperazine rings is 1. The number of nitrogens with one attached hydrogen (secondary N) is 1. The first-order valence-corrected chi connectivity index (χ1v) is 12.1. The van der Waals surface area contributed by atoms with Gasteiger partial charge in [-0.2, -0.15) is 0 Å². The molecule has 2 aromatic heterocycles. The van der Waals surface area contributed by atoms with Crippen LogP contribution >= 0.6 is 0 Å². The first-order valence-electron chi connectivity index (χ1n) is 10.6. The lowest BCUT2D eigenvalue weighted by atomic mass is 10.1. The average molecular weight is 464 g/mol. The maximum absolute atomic E-state index is 14.1. The van der Waals surface area contributed by atoms with Crippen LogP contribution in [0.2, 0.25) is 0 Å². The Labute approximate surface area is 192 Å². The van der Waals surface area contributed by atoms with Crippen LogP contribution in [0, 0.1) is 5.82 Å². The summed E-state index contributed by atoms with van der Waals surface area (Å²) in [6.07, 6.45) is 6.47. The van der Waals surface area contributed by atoms with Crippen LogP contribution in [0.25, 0.3) is 28.0 Å². The van der Waals surface area contributed by atoms with Crippen LogP contribution in [0.5, 0.6) is 0 Å². The third-order valence-electron chi connectivity index (χ3n) is 5.77. The van der Waals surface area contributed by atoms with Crippen LogP contribution in [0.1, 0.15) is 10.4 Å². The Morgan fingerprint density at radius 3 is 2.52 bits per heavy atom. The number of aromatic nitrogens is 3. The molecule has 0 aliphatic carbocycles. The van der Waals surface area contributed by atoms with E-state index >= 15 is 0 Å². The van der Waals surface area contributed by atoms with Crippen molar-refractivity contribution in [1.29, 1.82) is 0 Å². The van der Waals surface area contributed by atoms with Gasteiger partial charge in [0, 0.05) is 73.1 Å². The van der Waals surface area contributed by atoms with Crippen LogP contribution in [0.15, 0.2) is 66.0 Å². The fourth-order valence-electron chi connectivity index (χ4n) is 4.05. The molecule has 0 saturated carbocycles. The predicted octanol–water partition coefficient (Wildman–Crippen LogP) is 3.01. The number of amides is 1. The summed E-state index contributed by atoms with van der Waals surface area (Å²) in [5, 5.41) is 4.02. The Bertz CT molecular complexity index is 1360. The number of carbonyl (C=O) groups excluding carboxylic acids is 1. The highest BCUT2D eigenvalue weighted by atomic mass is 32.2. The number of hydrogen-bond acceptors (Lipinski definition) is 5. The van der Waals surface area contributed by atoms with Gasteiger partial charge in [-0.3, -0.25) is 13.6 Å². The fourth-order valence-corrected chi connectivity index (χ4v) is 4.79. The highest BCUT2D eigenvalue weighted by molar-refractivity contribution is 7.84. The lowest BCUT2D eigenvalue weighted by Gasteiger charge is -2.27. The van der Waals surface area contributed by atoms with E-state index < -0.39 is 10.8 Å². The standard InChI is InChI=1S/C24H22FN5O2S/c1-33(32)22-15-30(24-27-13-17(14-28-24)18-4-2-3-5-20(18)25)21-12-16(6-7-19(21)22)23(31)29-10-8-26-9-11-29/h2-7,12-15,26H,8-11H2,1H3. The number of nitrogens with zero attached hydrogens (tertiary/aromatic N) is 4. The molecule has 3 heterocycles. The van der Waals surface area contributed by atoms with Crippen LogP contribution < -0.4 is 5.32 Å². The van der Waals surface area contributed by atoms with Crippen molar-refractivity contribution in [1.82, 2.24) is 24.8 Å². The number of carbonyl (C=O) groups is 1. The number of halogens is 1. The smallest absolute Gasteiger partial charge is 0.254 e. The van der Waals surface area contributed by atoms with E-state index in [1.54, 1.807) is 59.7 Å². The van der Waals surface area contributed by atoms with Gasteiger partial charge in [0.25, 0.3) is 5.91 Å². The van der Waals surface area contributed by atoms with Gasteiger partial charge in [0.2, 0.25) is 5.95 Å². The molecule has 4 aromatic rings. The van der Waals surface area contributed by atoms with Gasteiger partial charge in [-0.1, -0.05) is 24.3 Å². The first-order chi connectivity index (χ1) is 16.0. The van der Waals surface area contributed by atoms with Crippen LogP contribution in [0.4, 0.5) is 4.39 Å². The molecule has 1 aliphatic rings. The van der Waals surface area contributed by atoms with Crippen LogP contribution in [-0.2, 0) is 10.8 Å². The SMILES string of the molecule is CS(=O)c1cn(-c2ncc(-c3ccccc3F)cn2)c2cc(C(=O)N3CCNCC3)ccc12. The van der Waals surface area contributed by atoms with Crippen molar-refractivity contribution in [3.05, 3.63) is 72.4 Å². The molecule has 5 rings (SSSR count). The van der Waals surface area contributed by atoms with E-state index in [4.69, 9.17) is 0 Å². The monoisotopic (exact) mass is 463 g/mol. The minimum Gasteiger partial charge on any atom is -0.336 e. The number of rotatable bonds is 4. The van der Waals surface area contributed by atoms with Crippen molar-refractivity contribution in [2.75, 3.05) is 32.4 Å². The Hall–Kier alpha value is -3.43. The zero-order chi connectivity index (χ0) is 22.9. The number of hydrogen-bond donors (Lipinski definition) is 1. The lowest BCUT2D eigenvalue weighted by Crippen LogP contribution is -2.46. The molecule has 1 atom stereocenters. The molecule has 1 fully saturated rings. The molecule has 33 heavy (non-hydrogen) atoms. The van der Waals surface area contributed by atoms with Gasteiger partial charge in [-0.05, 0) is 18.2 Å². The third kappa shape index (κ3) is 4.05. The molecule has 168 valence electrons. The topological polar surface area (TPSA) is 80.1 Å². The Morgan fingerprint density at radius 1 is 1.09 bits per heavy atom. The van der Waals surface area contributed by atoms with Gasteiger partial charge >= 0.3 is 0 Å².